The Bertz CT molecular complexity index is 641. The number of hydrogen-bond donors (Lipinski definition) is 2. The van der Waals surface area contributed by atoms with Crippen molar-refractivity contribution in [2.45, 2.75) is 6.92 Å². The van der Waals surface area contributed by atoms with Gasteiger partial charge in [-0.2, -0.15) is 4.37 Å². The van der Waals surface area contributed by atoms with E-state index in [4.69, 9.17) is 16.7 Å². The van der Waals surface area contributed by atoms with Crippen LogP contribution in [-0.4, -0.2) is 31.6 Å². The Hall–Kier alpha value is -2.06. The first-order chi connectivity index (χ1) is 8.99. The minimum atomic E-state index is -1.15. The summed E-state index contributed by atoms with van der Waals surface area (Å²) in [5.41, 5.74) is 0.349. The minimum absolute atomic E-state index is 0.0275. The number of amides is 1. The zero-order valence-corrected chi connectivity index (χ0v) is 11.1. The SMILES string of the molecule is Cc1nsc(NC(=O)c2ccc(Cl)nn2)c1C(=O)O. The number of halogens is 1. The van der Waals surface area contributed by atoms with Crippen molar-refractivity contribution in [2.75, 3.05) is 5.32 Å². The van der Waals surface area contributed by atoms with Gasteiger partial charge in [-0.1, -0.05) is 11.6 Å². The molecule has 0 aliphatic heterocycles. The van der Waals surface area contributed by atoms with Gasteiger partial charge >= 0.3 is 5.97 Å². The molecular formula is C10H7ClN4O3S. The molecule has 1 amide bonds. The number of nitrogens with zero attached hydrogens (tertiary/aromatic N) is 3. The van der Waals surface area contributed by atoms with E-state index in [9.17, 15) is 9.59 Å². The number of rotatable bonds is 3. The number of nitrogens with one attached hydrogen (secondary N) is 1. The molecule has 0 spiro atoms. The highest BCUT2D eigenvalue weighted by Gasteiger charge is 2.20. The fourth-order valence-electron chi connectivity index (χ4n) is 1.31. The van der Waals surface area contributed by atoms with E-state index < -0.39 is 11.9 Å². The van der Waals surface area contributed by atoms with Crippen molar-refractivity contribution >= 4 is 40.0 Å². The van der Waals surface area contributed by atoms with Crippen LogP contribution in [0, 0.1) is 6.92 Å². The first-order valence-corrected chi connectivity index (χ1v) is 6.14. The molecule has 2 aromatic rings. The molecule has 0 aliphatic carbocycles. The van der Waals surface area contributed by atoms with E-state index in [0.717, 1.165) is 11.5 Å². The smallest absolute Gasteiger partial charge is 0.340 e. The molecule has 7 nitrogen and oxygen atoms in total. The number of carbonyl (C=O) groups is 2. The fourth-order valence-corrected chi connectivity index (χ4v) is 2.20. The molecule has 0 unspecified atom stereocenters. The maximum atomic E-state index is 11.8. The molecule has 9 heteroatoms. The van der Waals surface area contributed by atoms with Crippen LogP contribution in [-0.2, 0) is 0 Å². The molecule has 0 fully saturated rings. The van der Waals surface area contributed by atoms with Gasteiger partial charge in [-0.3, -0.25) is 4.79 Å². The van der Waals surface area contributed by atoms with Crippen LogP contribution in [0.15, 0.2) is 12.1 Å². The van der Waals surface area contributed by atoms with Crippen molar-refractivity contribution in [3.05, 3.63) is 34.2 Å². The maximum Gasteiger partial charge on any atom is 0.340 e. The second kappa shape index (κ2) is 5.29. The number of aromatic carboxylic acids is 1. The van der Waals surface area contributed by atoms with Gasteiger partial charge in [0.1, 0.15) is 10.6 Å². The Balaban J connectivity index is 2.24. The number of carbonyl (C=O) groups excluding carboxylic acids is 1. The molecule has 0 aromatic carbocycles. The zero-order chi connectivity index (χ0) is 14.0. The summed E-state index contributed by atoms with van der Waals surface area (Å²) in [6, 6.07) is 2.80. The van der Waals surface area contributed by atoms with Gasteiger partial charge < -0.3 is 10.4 Å². The van der Waals surface area contributed by atoms with Crippen molar-refractivity contribution in [1.82, 2.24) is 14.6 Å². The molecule has 98 valence electrons. The van der Waals surface area contributed by atoms with Crippen molar-refractivity contribution < 1.29 is 14.7 Å². The largest absolute Gasteiger partial charge is 0.478 e. The molecule has 0 saturated carbocycles. The molecule has 2 N–H and O–H groups in total. The highest BCUT2D eigenvalue weighted by molar-refractivity contribution is 7.11. The molecular weight excluding hydrogens is 292 g/mol. The number of anilines is 1. The van der Waals surface area contributed by atoms with Crippen LogP contribution in [0.3, 0.4) is 0 Å². The van der Waals surface area contributed by atoms with Crippen LogP contribution in [0.4, 0.5) is 5.00 Å². The maximum absolute atomic E-state index is 11.8. The molecule has 0 bridgehead atoms. The van der Waals surface area contributed by atoms with E-state index in [1.807, 2.05) is 0 Å². The molecule has 2 rings (SSSR count). The van der Waals surface area contributed by atoms with Crippen LogP contribution in [0.1, 0.15) is 26.5 Å². The average Bonchev–Trinajstić information content (AvgIpc) is 2.71. The van der Waals surface area contributed by atoms with E-state index in [-0.39, 0.29) is 21.4 Å². The molecule has 0 radical (unpaired) electrons. The number of aromatic nitrogens is 3. The second-order valence-electron chi connectivity index (χ2n) is 3.47. The lowest BCUT2D eigenvalue weighted by Crippen LogP contribution is -2.15. The number of hydrogen-bond acceptors (Lipinski definition) is 6. The van der Waals surface area contributed by atoms with Gasteiger partial charge in [-0.15, -0.1) is 10.2 Å². The van der Waals surface area contributed by atoms with Gasteiger partial charge in [0.15, 0.2) is 10.8 Å². The Morgan fingerprint density at radius 3 is 2.68 bits per heavy atom. The normalized spacial score (nSPS) is 10.2. The second-order valence-corrected chi connectivity index (χ2v) is 4.63. The van der Waals surface area contributed by atoms with Gasteiger partial charge in [0.05, 0.1) is 5.69 Å². The number of carboxylic acid groups (broad SMARTS) is 1. The molecule has 2 aromatic heterocycles. The van der Waals surface area contributed by atoms with Gasteiger partial charge in [0.25, 0.3) is 5.91 Å². The summed E-state index contributed by atoms with van der Waals surface area (Å²) in [4.78, 5) is 22.9. The van der Waals surface area contributed by atoms with E-state index in [2.05, 4.69) is 19.9 Å². The van der Waals surface area contributed by atoms with Crippen molar-refractivity contribution in [2.24, 2.45) is 0 Å². The Labute approximate surface area is 116 Å². The van der Waals surface area contributed by atoms with E-state index in [1.54, 1.807) is 6.92 Å². The van der Waals surface area contributed by atoms with Crippen LogP contribution in [0.5, 0.6) is 0 Å². The summed E-state index contributed by atoms with van der Waals surface area (Å²) in [5.74, 6) is -1.72. The Kier molecular flexibility index (Phi) is 3.72. The summed E-state index contributed by atoms with van der Waals surface area (Å²) < 4.78 is 3.89. The van der Waals surface area contributed by atoms with Crippen LogP contribution in [0.25, 0.3) is 0 Å². The molecule has 19 heavy (non-hydrogen) atoms. The van der Waals surface area contributed by atoms with Crippen LogP contribution >= 0.6 is 23.1 Å². The van der Waals surface area contributed by atoms with Crippen molar-refractivity contribution in [1.29, 1.82) is 0 Å². The lowest BCUT2D eigenvalue weighted by atomic mass is 10.2. The van der Waals surface area contributed by atoms with E-state index in [0.29, 0.717) is 5.69 Å². The lowest BCUT2D eigenvalue weighted by Gasteiger charge is -2.02. The van der Waals surface area contributed by atoms with E-state index in [1.165, 1.54) is 12.1 Å². The van der Waals surface area contributed by atoms with E-state index >= 15 is 0 Å². The van der Waals surface area contributed by atoms with Gasteiger partial charge in [0, 0.05) is 0 Å². The topological polar surface area (TPSA) is 105 Å². The first kappa shape index (κ1) is 13.4. The minimum Gasteiger partial charge on any atom is -0.478 e. The zero-order valence-electron chi connectivity index (χ0n) is 9.55. The lowest BCUT2D eigenvalue weighted by molar-refractivity contribution is 0.0697. The Morgan fingerprint density at radius 1 is 1.37 bits per heavy atom. The van der Waals surface area contributed by atoms with Crippen molar-refractivity contribution in [3.63, 3.8) is 0 Å². The highest BCUT2D eigenvalue weighted by Crippen LogP contribution is 2.24. The highest BCUT2D eigenvalue weighted by atomic mass is 35.5. The predicted octanol–water partition coefficient (Wildman–Crippen LogP) is 1.85. The predicted molar refractivity (Wildman–Crippen MR) is 68.8 cm³/mol. The van der Waals surface area contributed by atoms with Gasteiger partial charge in [-0.25, -0.2) is 4.79 Å². The summed E-state index contributed by atoms with van der Waals surface area (Å²) in [6.45, 7) is 1.55. The summed E-state index contributed by atoms with van der Waals surface area (Å²) in [5, 5.41) is 18.9. The molecule has 0 atom stereocenters. The number of aryl methyl sites for hydroxylation is 1. The standard InChI is InChI=1S/C10H7ClN4O3S/c1-4-7(10(17)18)9(19-15-4)12-8(16)5-2-3-6(11)14-13-5/h2-3H,1H3,(H,12,16)(H,17,18). The average molecular weight is 299 g/mol. The summed E-state index contributed by atoms with van der Waals surface area (Å²) in [6.07, 6.45) is 0. The summed E-state index contributed by atoms with van der Waals surface area (Å²) >= 11 is 6.45. The number of carboxylic acids is 1. The van der Waals surface area contributed by atoms with Crippen LogP contribution in [0.2, 0.25) is 5.15 Å². The quantitative estimate of drug-likeness (QED) is 0.896. The molecule has 0 aliphatic rings. The van der Waals surface area contributed by atoms with Gasteiger partial charge in [-0.05, 0) is 30.6 Å². The third-order valence-electron chi connectivity index (χ3n) is 2.17. The van der Waals surface area contributed by atoms with Gasteiger partial charge in [0.2, 0.25) is 0 Å². The van der Waals surface area contributed by atoms with Crippen LogP contribution < -0.4 is 5.32 Å². The fraction of sp³-hybridized carbons (Fsp3) is 0.100. The third kappa shape index (κ3) is 2.85. The Morgan fingerprint density at radius 2 is 2.11 bits per heavy atom. The monoisotopic (exact) mass is 298 g/mol. The van der Waals surface area contributed by atoms with Crippen molar-refractivity contribution in [3.8, 4) is 0 Å². The summed E-state index contributed by atoms with van der Waals surface area (Å²) in [7, 11) is 0. The third-order valence-corrected chi connectivity index (χ3v) is 3.22. The first-order valence-electron chi connectivity index (χ1n) is 4.99. The molecule has 2 heterocycles. The molecule has 0 saturated heterocycles.